The molecule has 7 nitrogen and oxygen atoms in total. The Hall–Kier alpha value is -3.09. The van der Waals surface area contributed by atoms with Gasteiger partial charge in [-0.05, 0) is 28.5 Å². The molecule has 0 aliphatic rings. The van der Waals surface area contributed by atoms with Crippen molar-refractivity contribution >= 4 is 0 Å². The topological polar surface area (TPSA) is 82.2 Å². The second-order valence-electron chi connectivity index (χ2n) is 4.73. The Balaban J connectivity index is 2.01. The molecule has 0 bridgehead atoms. The lowest BCUT2D eigenvalue weighted by molar-refractivity contribution is 0.324. The molecule has 1 heterocycles. The number of aromatic nitrogens is 4. The van der Waals surface area contributed by atoms with Crippen LogP contribution >= 0.6 is 0 Å². The summed E-state index contributed by atoms with van der Waals surface area (Å²) in [5.41, 5.74) is 2.85. The third-order valence-corrected chi connectivity index (χ3v) is 3.49. The highest BCUT2D eigenvalue weighted by molar-refractivity contribution is 5.72. The summed E-state index contributed by atoms with van der Waals surface area (Å²) in [7, 11) is 4.78. The Morgan fingerprint density at radius 1 is 0.783 bits per heavy atom. The van der Waals surface area contributed by atoms with Crippen LogP contribution in [0.2, 0.25) is 0 Å². The predicted octanol–water partition coefficient (Wildman–Crippen LogP) is 2.56. The maximum atomic E-state index is 5.39. The number of benzene rings is 2. The first kappa shape index (κ1) is 14.8. The summed E-state index contributed by atoms with van der Waals surface area (Å²) < 4.78 is 16.1. The van der Waals surface area contributed by atoms with E-state index in [-0.39, 0.29) is 0 Å². The summed E-state index contributed by atoms with van der Waals surface area (Å²) in [4.78, 5) is 0. The van der Waals surface area contributed by atoms with Crippen LogP contribution in [0.1, 0.15) is 0 Å². The van der Waals surface area contributed by atoms with E-state index in [1.807, 2.05) is 36.4 Å². The van der Waals surface area contributed by atoms with E-state index in [9.17, 15) is 0 Å². The fourth-order valence-electron chi connectivity index (χ4n) is 2.34. The highest BCUT2D eigenvalue weighted by Gasteiger charge is 2.14. The minimum atomic E-state index is 0.557. The van der Waals surface area contributed by atoms with Crippen molar-refractivity contribution in [2.24, 2.45) is 0 Å². The van der Waals surface area contributed by atoms with Crippen LogP contribution in [0.15, 0.2) is 36.4 Å². The number of rotatable bonds is 5. The quantitative estimate of drug-likeness (QED) is 0.779. The molecule has 0 saturated carbocycles. The van der Waals surface area contributed by atoms with Crippen molar-refractivity contribution in [1.29, 1.82) is 0 Å². The van der Waals surface area contributed by atoms with Gasteiger partial charge in [0.05, 0.1) is 21.3 Å². The molecule has 0 aliphatic carbocycles. The van der Waals surface area contributed by atoms with Gasteiger partial charge in [-0.2, -0.15) is 5.21 Å². The summed E-state index contributed by atoms with van der Waals surface area (Å²) in [5, 5.41) is 13.9. The SMILES string of the molecule is COc1cc(-c2ccc(-c3nn[nH]n3)cc2)cc(OC)c1OC. The molecule has 118 valence electrons. The monoisotopic (exact) mass is 312 g/mol. The number of nitrogens with one attached hydrogen (secondary N) is 1. The lowest BCUT2D eigenvalue weighted by atomic mass is 10.0. The van der Waals surface area contributed by atoms with Gasteiger partial charge in [0.2, 0.25) is 11.6 Å². The summed E-state index contributed by atoms with van der Waals surface area (Å²) in [5.74, 6) is 2.36. The van der Waals surface area contributed by atoms with Gasteiger partial charge in [0, 0.05) is 5.56 Å². The van der Waals surface area contributed by atoms with Crippen LogP contribution in [-0.4, -0.2) is 42.0 Å². The normalized spacial score (nSPS) is 10.4. The first-order valence-electron chi connectivity index (χ1n) is 6.91. The number of aromatic amines is 1. The first-order chi connectivity index (χ1) is 11.3. The van der Waals surface area contributed by atoms with E-state index in [2.05, 4.69) is 20.6 Å². The largest absolute Gasteiger partial charge is 0.493 e. The van der Waals surface area contributed by atoms with Crippen LogP contribution in [0.4, 0.5) is 0 Å². The smallest absolute Gasteiger partial charge is 0.204 e. The van der Waals surface area contributed by atoms with Gasteiger partial charge in [-0.25, -0.2) is 0 Å². The second kappa shape index (κ2) is 6.35. The van der Waals surface area contributed by atoms with Crippen molar-refractivity contribution in [3.05, 3.63) is 36.4 Å². The number of hydrogen-bond donors (Lipinski definition) is 1. The van der Waals surface area contributed by atoms with E-state index >= 15 is 0 Å². The Kier molecular flexibility index (Phi) is 4.09. The van der Waals surface area contributed by atoms with Crippen LogP contribution in [0.3, 0.4) is 0 Å². The molecule has 0 unspecified atom stereocenters. The van der Waals surface area contributed by atoms with Crippen LogP contribution < -0.4 is 14.2 Å². The molecule has 0 spiro atoms. The van der Waals surface area contributed by atoms with Gasteiger partial charge in [0.25, 0.3) is 0 Å². The minimum absolute atomic E-state index is 0.557. The molecule has 1 N–H and O–H groups in total. The number of nitrogens with zero attached hydrogens (tertiary/aromatic N) is 3. The summed E-state index contributed by atoms with van der Waals surface area (Å²) in [6.07, 6.45) is 0. The fourth-order valence-corrected chi connectivity index (χ4v) is 2.34. The maximum Gasteiger partial charge on any atom is 0.204 e. The first-order valence-corrected chi connectivity index (χ1v) is 6.91. The molecule has 3 aromatic rings. The zero-order valence-electron chi connectivity index (χ0n) is 13.0. The highest BCUT2D eigenvalue weighted by Crippen LogP contribution is 2.41. The lowest BCUT2D eigenvalue weighted by Crippen LogP contribution is -1.95. The van der Waals surface area contributed by atoms with Crippen LogP contribution in [0.5, 0.6) is 17.2 Å². The Morgan fingerprint density at radius 2 is 1.39 bits per heavy atom. The Bertz CT molecular complexity index is 761. The summed E-state index contributed by atoms with van der Waals surface area (Å²) >= 11 is 0. The van der Waals surface area contributed by atoms with Gasteiger partial charge in [-0.1, -0.05) is 24.3 Å². The molecule has 1 aromatic heterocycles. The van der Waals surface area contributed by atoms with Gasteiger partial charge in [-0.15, -0.1) is 10.2 Å². The van der Waals surface area contributed by atoms with E-state index in [4.69, 9.17) is 14.2 Å². The average molecular weight is 312 g/mol. The Labute approximate surface area is 133 Å². The third-order valence-electron chi connectivity index (χ3n) is 3.49. The molecule has 0 radical (unpaired) electrons. The molecular formula is C16H16N4O3. The number of ether oxygens (including phenoxy) is 3. The third kappa shape index (κ3) is 2.80. The molecular weight excluding hydrogens is 296 g/mol. The number of hydrogen-bond acceptors (Lipinski definition) is 6. The van der Waals surface area contributed by atoms with Crippen molar-refractivity contribution in [3.8, 4) is 39.8 Å². The van der Waals surface area contributed by atoms with Gasteiger partial charge in [0.15, 0.2) is 11.5 Å². The summed E-state index contributed by atoms with van der Waals surface area (Å²) in [6, 6.07) is 11.6. The van der Waals surface area contributed by atoms with Gasteiger partial charge in [0.1, 0.15) is 0 Å². The molecule has 3 rings (SSSR count). The van der Waals surface area contributed by atoms with E-state index < -0.39 is 0 Å². The summed E-state index contributed by atoms with van der Waals surface area (Å²) in [6.45, 7) is 0. The molecule has 0 amide bonds. The zero-order valence-corrected chi connectivity index (χ0v) is 13.0. The van der Waals surface area contributed by atoms with E-state index in [1.165, 1.54) is 0 Å². The molecule has 0 saturated heterocycles. The predicted molar refractivity (Wildman–Crippen MR) is 84.7 cm³/mol. The molecule has 0 fully saturated rings. The van der Waals surface area contributed by atoms with Crippen molar-refractivity contribution in [2.75, 3.05) is 21.3 Å². The fraction of sp³-hybridized carbons (Fsp3) is 0.188. The highest BCUT2D eigenvalue weighted by atomic mass is 16.5. The molecule has 23 heavy (non-hydrogen) atoms. The molecule has 0 atom stereocenters. The molecule has 7 heteroatoms. The van der Waals surface area contributed by atoms with Crippen LogP contribution in [0, 0.1) is 0 Å². The van der Waals surface area contributed by atoms with Gasteiger partial charge in [-0.3, -0.25) is 0 Å². The number of methoxy groups -OCH3 is 3. The zero-order chi connectivity index (χ0) is 16.2. The van der Waals surface area contributed by atoms with E-state index in [0.29, 0.717) is 23.1 Å². The van der Waals surface area contributed by atoms with E-state index in [0.717, 1.165) is 16.7 Å². The number of H-pyrrole nitrogens is 1. The average Bonchev–Trinajstić information content (AvgIpc) is 3.15. The van der Waals surface area contributed by atoms with Crippen LogP contribution in [0.25, 0.3) is 22.5 Å². The van der Waals surface area contributed by atoms with Crippen LogP contribution in [-0.2, 0) is 0 Å². The van der Waals surface area contributed by atoms with Crippen molar-refractivity contribution in [3.63, 3.8) is 0 Å². The van der Waals surface area contributed by atoms with Crippen molar-refractivity contribution < 1.29 is 14.2 Å². The van der Waals surface area contributed by atoms with Gasteiger partial charge < -0.3 is 14.2 Å². The standard InChI is InChI=1S/C16H16N4O3/c1-21-13-8-12(9-14(22-2)15(13)23-3)10-4-6-11(7-5-10)16-17-19-20-18-16/h4-9H,1-3H3,(H,17,18,19,20). The van der Waals surface area contributed by atoms with Crippen molar-refractivity contribution in [1.82, 2.24) is 20.6 Å². The molecule has 2 aromatic carbocycles. The van der Waals surface area contributed by atoms with E-state index in [1.54, 1.807) is 21.3 Å². The second-order valence-corrected chi connectivity index (χ2v) is 4.73. The molecule has 0 aliphatic heterocycles. The van der Waals surface area contributed by atoms with Crippen molar-refractivity contribution in [2.45, 2.75) is 0 Å². The van der Waals surface area contributed by atoms with Gasteiger partial charge >= 0.3 is 0 Å². The maximum absolute atomic E-state index is 5.39. The Morgan fingerprint density at radius 3 is 1.87 bits per heavy atom. The lowest BCUT2D eigenvalue weighted by Gasteiger charge is -2.14. The minimum Gasteiger partial charge on any atom is -0.493 e. The number of tetrazole rings is 1.